The zero-order valence-electron chi connectivity index (χ0n) is 7.21. The number of benzene rings is 1. The van der Waals surface area contributed by atoms with Crippen LogP contribution >= 0.6 is 23.8 Å². The van der Waals surface area contributed by atoms with Crippen molar-refractivity contribution in [2.75, 3.05) is 0 Å². The summed E-state index contributed by atoms with van der Waals surface area (Å²) in [5.41, 5.74) is 4.28. The number of nitrogens with one attached hydrogen (secondary N) is 1. The first-order chi connectivity index (χ1) is 6.67. The molecule has 3 nitrogen and oxygen atoms in total. The molecule has 0 aliphatic carbocycles. The fourth-order valence-corrected chi connectivity index (χ4v) is 1.27. The molecule has 0 atom stereocenters. The Hall–Kier alpha value is -0.750. The highest BCUT2D eigenvalue weighted by molar-refractivity contribution is 7.78. The van der Waals surface area contributed by atoms with Gasteiger partial charge in [0.05, 0.1) is 12.0 Å². The second kappa shape index (κ2) is 5.21. The Balaban J connectivity index is 2.84. The van der Waals surface area contributed by atoms with E-state index < -0.39 is 0 Å². The van der Waals surface area contributed by atoms with Crippen LogP contribution in [0.25, 0.3) is 0 Å². The van der Waals surface area contributed by atoms with E-state index >= 15 is 0 Å². The Bertz CT molecular complexity index is 334. The molecule has 0 aliphatic heterocycles. The summed E-state index contributed by atoms with van der Waals surface area (Å²) < 4.78 is 12.8. The fourth-order valence-electron chi connectivity index (χ4n) is 0.961. The van der Waals surface area contributed by atoms with Crippen molar-refractivity contribution in [3.8, 4) is 0 Å². The van der Waals surface area contributed by atoms with E-state index in [1.165, 1.54) is 28.7 Å². The van der Waals surface area contributed by atoms with E-state index in [1.54, 1.807) is 0 Å². The summed E-state index contributed by atoms with van der Waals surface area (Å²) in [6.45, 7) is 0.316. The Morgan fingerprint density at radius 1 is 1.64 bits per heavy atom. The second-order valence-electron chi connectivity index (χ2n) is 2.60. The molecular weight excluding hydrogens is 225 g/mol. The highest BCUT2D eigenvalue weighted by Crippen LogP contribution is 2.17. The van der Waals surface area contributed by atoms with Gasteiger partial charge in [-0.25, -0.2) is 4.39 Å². The second-order valence-corrected chi connectivity index (χ2v) is 3.22. The Morgan fingerprint density at radius 3 is 2.93 bits per heavy atom. The van der Waals surface area contributed by atoms with Crippen molar-refractivity contribution in [1.82, 2.24) is 10.5 Å². The zero-order valence-corrected chi connectivity index (χ0v) is 8.78. The van der Waals surface area contributed by atoms with Gasteiger partial charge < -0.3 is 0 Å². The van der Waals surface area contributed by atoms with Gasteiger partial charge in [0.15, 0.2) is 0 Å². The van der Waals surface area contributed by atoms with Crippen LogP contribution in [0.4, 0.5) is 4.39 Å². The molecule has 0 saturated carbocycles. The fraction of sp³-hybridized carbons (Fsp3) is 0.125. The van der Waals surface area contributed by atoms with Crippen LogP contribution < -0.4 is 11.4 Å². The molecule has 0 radical (unpaired) electrons. The highest BCUT2D eigenvalue weighted by Gasteiger charge is 2.05. The zero-order chi connectivity index (χ0) is 10.6. The first kappa shape index (κ1) is 11.3. The number of hydrogen-bond donors (Lipinski definition) is 2. The molecule has 3 N–H and O–H groups in total. The number of hydrogen-bond acceptors (Lipinski definition) is 3. The van der Waals surface area contributed by atoms with Crippen LogP contribution in [0.2, 0.25) is 5.02 Å². The van der Waals surface area contributed by atoms with Gasteiger partial charge in [0.2, 0.25) is 0 Å². The van der Waals surface area contributed by atoms with E-state index in [0.717, 1.165) is 0 Å². The normalized spacial score (nSPS) is 9.93. The van der Waals surface area contributed by atoms with Crippen LogP contribution in [0.3, 0.4) is 0 Å². The van der Waals surface area contributed by atoms with Crippen molar-refractivity contribution >= 4 is 29.3 Å². The molecule has 0 fully saturated rings. The maximum absolute atomic E-state index is 12.8. The van der Waals surface area contributed by atoms with Gasteiger partial charge in [-0.3, -0.25) is 10.9 Å². The van der Waals surface area contributed by atoms with Crippen LogP contribution in [0.1, 0.15) is 5.56 Å². The van der Waals surface area contributed by atoms with E-state index in [1.807, 2.05) is 0 Å². The number of thiocarbonyl (C=S) groups is 1. The molecular formula is C8H9ClFN3S. The van der Waals surface area contributed by atoms with E-state index in [9.17, 15) is 4.39 Å². The number of nitrogens with zero attached hydrogens (tertiary/aromatic N) is 1. The lowest BCUT2D eigenvalue weighted by Crippen LogP contribution is -2.40. The van der Waals surface area contributed by atoms with Crippen LogP contribution in [0, 0.1) is 5.82 Å². The summed E-state index contributed by atoms with van der Waals surface area (Å²) in [4.78, 5) is 0. The van der Waals surface area contributed by atoms with E-state index in [0.29, 0.717) is 17.1 Å². The number of halogens is 2. The van der Waals surface area contributed by atoms with Crippen molar-refractivity contribution in [3.63, 3.8) is 0 Å². The molecule has 0 aliphatic rings. The van der Waals surface area contributed by atoms with Gasteiger partial charge in [0.1, 0.15) is 5.82 Å². The smallest absolute Gasteiger partial charge is 0.123 e. The lowest BCUT2D eigenvalue weighted by atomic mass is 10.2. The van der Waals surface area contributed by atoms with Gasteiger partial charge >= 0.3 is 0 Å². The molecule has 1 aromatic carbocycles. The maximum Gasteiger partial charge on any atom is 0.123 e. The van der Waals surface area contributed by atoms with E-state index in [-0.39, 0.29) is 5.82 Å². The van der Waals surface area contributed by atoms with Gasteiger partial charge in [-0.05, 0) is 23.8 Å². The van der Waals surface area contributed by atoms with Gasteiger partial charge in [-0.15, -0.1) is 0 Å². The first-order valence-electron chi connectivity index (χ1n) is 3.79. The third kappa shape index (κ3) is 2.88. The van der Waals surface area contributed by atoms with E-state index in [4.69, 9.17) is 17.4 Å². The lowest BCUT2D eigenvalue weighted by Gasteiger charge is -2.17. The number of nitrogens with two attached hydrogens (primary N) is 1. The molecule has 0 spiro atoms. The molecule has 1 aromatic rings. The Kier molecular flexibility index (Phi) is 4.21. The molecule has 0 bridgehead atoms. The van der Waals surface area contributed by atoms with E-state index in [2.05, 4.69) is 17.8 Å². The van der Waals surface area contributed by atoms with Crippen LogP contribution in [0.15, 0.2) is 18.2 Å². The average molecular weight is 234 g/mol. The number of rotatable bonds is 4. The largest absolute Gasteiger partial charge is 0.287 e. The monoisotopic (exact) mass is 233 g/mol. The average Bonchev–Trinajstić information content (AvgIpc) is 2.19. The van der Waals surface area contributed by atoms with Crippen LogP contribution in [-0.2, 0) is 6.54 Å². The standard InChI is InChI=1S/C8H9ClFN3S/c9-8-2-1-7(10)3-6(8)4-13(5-14)12-11/h1-3,5,12H,4,11H2. The molecule has 0 amide bonds. The minimum Gasteiger partial charge on any atom is -0.287 e. The third-order valence-electron chi connectivity index (χ3n) is 1.64. The van der Waals surface area contributed by atoms with Crippen LogP contribution in [-0.4, -0.2) is 10.5 Å². The first-order valence-corrected chi connectivity index (χ1v) is 4.64. The van der Waals surface area contributed by atoms with Gasteiger partial charge in [-0.1, -0.05) is 23.8 Å². The highest BCUT2D eigenvalue weighted by atomic mass is 35.5. The quantitative estimate of drug-likeness (QED) is 0.471. The van der Waals surface area contributed by atoms with Gasteiger partial charge in [0, 0.05) is 5.02 Å². The SMILES string of the molecule is NNN(C=S)Cc1cc(F)ccc1Cl. The van der Waals surface area contributed by atoms with Gasteiger partial charge in [0.25, 0.3) is 0 Å². The molecule has 0 heterocycles. The van der Waals surface area contributed by atoms with Crippen molar-refractivity contribution in [3.05, 3.63) is 34.6 Å². The topological polar surface area (TPSA) is 41.3 Å². The van der Waals surface area contributed by atoms with Crippen molar-refractivity contribution in [2.24, 2.45) is 5.84 Å². The molecule has 0 unspecified atom stereocenters. The molecule has 0 aromatic heterocycles. The minimum atomic E-state index is -0.342. The Labute approximate surface area is 91.6 Å². The summed E-state index contributed by atoms with van der Waals surface area (Å²) in [7, 11) is 0. The summed E-state index contributed by atoms with van der Waals surface area (Å²) in [6.07, 6.45) is 0. The van der Waals surface area contributed by atoms with Crippen molar-refractivity contribution in [1.29, 1.82) is 0 Å². The Morgan fingerprint density at radius 2 is 2.36 bits per heavy atom. The molecule has 76 valence electrons. The summed E-state index contributed by atoms with van der Waals surface area (Å²) in [6, 6.07) is 4.12. The third-order valence-corrected chi connectivity index (χ3v) is 2.26. The lowest BCUT2D eigenvalue weighted by molar-refractivity contribution is 0.320. The van der Waals surface area contributed by atoms with Gasteiger partial charge in [-0.2, -0.15) is 5.53 Å². The summed E-state index contributed by atoms with van der Waals surface area (Å²) in [5, 5.41) is 1.89. The molecule has 0 saturated heterocycles. The molecule has 1 rings (SSSR count). The minimum absolute atomic E-state index is 0.316. The molecule has 6 heteroatoms. The molecule has 14 heavy (non-hydrogen) atoms. The predicted molar refractivity (Wildman–Crippen MR) is 57.9 cm³/mol. The predicted octanol–water partition coefficient (Wildman–Crippen LogP) is 1.62. The van der Waals surface area contributed by atoms with Crippen molar-refractivity contribution < 1.29 is 4.39 Å². The van der Waals surface area contributed by atoms with Crippen LogP contribution in [0.5, 0.6) is 0 Å². The maximum atomic E-state index is 12.8. The summed E-state index contributed by atoms with van der Waals surface area (Å²) >= 11 is 10.5. The van der Waals surface area contributed by atoms with Crippen molar-refractivity contribution in [2.45, 2.75) is 6.54 Å². The summed E-state index contributed by atoms with van der Waals surface area (Å²) in [5.74, 6) is 4.82. The number of hydrazine groups is 2.